The highest BCUT2D eigenvalue weighted by molar-refractivity contribution is 5.94. The Morgan fingerprint density at radius 1 is 1.17 bits per heavy atom. The maximum atomic E-state index is 13.0. The van der Waals surface area contributed by atoms with Crippen LogP contribution in [-0.2, 0) is 34.5 Å². The Kier molecular flexibility index (Phi) is 6.66. The molecule has 0 saturated heterocycles. The zero-order valence-electron chi connectivity index (χ0n) is 17.7. The van der Waals surface area contributed by atoms with Crippen molar-refractivity contribution in [3.05, 3.63) is 59.1 Å². The van der Waals surface area contributed by atoms with Gasteiger partial charge in [0.15, 0.2) is 0 Å². The average molecular weight is 410 g/mol. The van der Waals surface area contributed by atoms with Crippen LogP contribution < -0.4 is 0 Å². The van der Waals surface area contributed by atoms with Gasteiger partial charge in [0.2, 0.25) is 5.91 Å². The summed E-state index contributed by atoms with van der Waals surface area (Å²) in [5, 5.41) is 8.55. The minimum atomic E-state index is -0.543. The minimum absolute atomic E-state index is 0.232. The highest BCUT2D eigenvalue weighted by atomic mass is 16.5. The predicted octanol–water partition coefficient (Wildman–Crippen LogP) is 3.17. The van der Waals surface area contributed by atoms with E-state index in [1.165, 1.54) is 0 Å². The first-order chi connectivity index (χ1) is 14.4. The van der Waals surface area contributed by atoms with Crippen molar-refractivity contribution in [1.29, 1.82) is 0 Å². The summed E-state index contributed by atoms with van der Waals surface area (Å²) in [4.78, 5) is 26.5. The first-order valence-electron chi connectivity index (χ1n) is 9.82. The fourth-order valence-corrected chi connectivity index (χ4v) is 3.28. The first kappa shape index (κ1) is 21.3. The molecule has 0 aliphatic heterocycles. The number of nitrogens with zero attached hydrogens (tertiary/aromatic N) is 4. The zero-order chi connectivity index (χ0) is 21.7. The summed E-state index contributed by atoms with van der Waals surface area (Å²) >= 11 is 0. The number of carbonyl (C=O) groups excluding carboxylic acids is 2. The Balaban J connectivity index is 1.91. The number of carbonyl (C=O) groups is 2. The number of ether oxygens (including phenoxy) is 1. The molecule has 8 nitrogen and oxygen atoms in total. The number of hydrogen-bond acceptors (Lipinski definition) is 6. The van der Waals surface area contributed by atoms with E-state index in [4.69, 9.17) is 9.26 Å². The van der Waals surface area contributed by atoms with E-state index >= 15 is 0 Å². The van der Waals surface area contributed by atoms with E-state index in [2.05, 4.69) is 10.3 Å². The van der Waals surface area contributed by atoms with Crippen LogP contribution in [0.1, 0.15) is 36.1 Å². The lowest BCUT2D eigenvalue weighted by Gasteiger charge is -2.22. The van der Waals surface area contributed by atoms with Gasteiger partial charge in [-0.05, 0) is 26.8 Å². The van der Waals surface area contributed by atoms with E-state index in [0.29, 0.717) is 18.0 Å². The molecule has 158 valence electrons. The Bertz CT molecular complexity index is 1020. The second-order valence-corrected chi connectivity index (χ2v) is 7.06. The van der Waals surface area contributed by atoms with Gasteiger partial charge in [0.25, 0.3) is 0 Å². The normalized spacial score (nSPS) is 10.8. The van der Waals surface area contributed by atoms with Crippen molar-refractivity contribution in [1.82, 2.24) is 19.8 Å². The van der Waals surface area contributed by atoms with Crippen LogP contribution in [0.2, 0.25) is 0 Å². The molecule has 0 spiro atoms. The van der Waals surface area contributed by atoms with Gasteiger partial charge in [0, 0.05) is 18.2 Å². The van der Waals surface area contributed by atoms with E-state index in [9.17, 15) is 9.59 Å². The van der Waals surface area contributed by atoms with E-state index < -0.39 is 5.97 Å². The Morgan fingerprint density at radius 3 is 2.53 bits per heavy atom. The zero-order valence-corrected chi connectivity index (χ0v) is 17.7. The molecule has 2 aromatic heterocycles. The molecule has 0 saturated carbocycles. The molecule has 3 rings (SSSR count). The van der Waals surface area contributed by atoms with Gasteiger partial charge >= 0.3 is 5.97 Å². The van der Waals surface area contributed by atoms with Gasteiger partial charge in [-0.1, -0.05) is 35.5 Å². The number of aryl methyl sites for hydroxylation is 3. The van der Waals surface area contributed by atoms with Crippen molar-refractivity contribution >= 4 is 11.9 Å². The molecule has 0 bridgehead atoms. The monoisotopic (exact) mass is 410 g/mol. The molecule has 0 fully saturated rings. The fraction of sp³-hybridized carbons (Fsp3) is 0.364. The number of rotatable bonds is 8. The third kappa shape index (κ3) is 4.94. The van der Waals surface area contributed by atoms with Crippen molar-refractivity contribution in [2.75, 3.05) is 6.61 Å². The van der Waals surface area contributed by atoms with Gasteiger partial charge in [0.05, 0.1) is 31.1 Å². The molecule has 8 heteroatoms. The quantitative estimate of drug-likeness (QED) is 0.418. The smallest absolute Gasteiger partial charge is 0.315 e. The highest BCUT2D eigenvalue weighted by Gasteiger charge is 2.24. The maximum absolute atomic E-state index is 13.0. The lowest BCUT2D eigenvalue weighted by Crippen LogP contribution is -2.33. The third-order valence-corrected chi connectivity index (χ3v) is 4.79. The molecule has 3 aromatic rings. The van der Waals surface area contributed by atoms with Crippen LogP contribution in [0.3, 0.4) is 0 Å². The summed E-state index contributed by atoms with van der Waals surface area (Å²) in [6.07, 6.45) is -0.324. The van der Waals surface area contributed by atoms with Crippen LogP contribution >= 0.6 is 0 Å². The van der Waals surface area contributed by atoms with Gasteiger partial charge in [-0.2, -0.15) is 5.10 Å². The largest absolute Gasteiger partial charge is 0.466 e. The van der Waals surface area contributed by atoms with Crippen LogP contribution in [0.25, 0.3) is 11.3 Å². The molecule has 0 unspecified atom stereocenters. The third-order valence-electron chi connectivity index (χ3n) is 4.79. The van der Waals surface area contributed by atoms with Crippen molar-refractivity contribution in [3.8, 4) is 11.3 Å². The summed E-state index contributed by atoms with van der Waals surface area (Å²) in [6, 6.07) is 11.6. The second kappa shape index (κ2) is 9.39. The van der Waals surface area contributed by atoms with Crippen LogP contribution in [0.4, 0.5) is 0 Å². The van der Waals surface area contributed by atoms with E-state index in [1.807, 2.05) is 57.3 Å². The number of esters is 1. The molecule has 0 aliphatic rings. The van der Waals surface area contributed by atoms with Crippen molar-refractivity contribution < 1.29 is 18.8 Å². The maximum Gasteiger partial charge on any atom is 0.315 e. The summed E-state index contributed by atoms with van der Waals surface area (Å²) in [5.41, 5.74) is 4.11. The number of hydrogen-bond donors (Lipinski definition) is 0. The van der Waals surface area contributed by atoms with Gasteiger partial charge in [-0.15, -0.1) is 0 Å². The van der Waals surface area contributed by atoms with Gasteiger partial charge in [-0.3, -0.25) is 14.3 Å². The Morgan fingerprint density at radius 2 is 1.90 bits per heavy atom. The predicted molar refractivity (Wildman–Crippen MR) is 110 cm³/mol. The minimum Gasteiger partial charge on any atom is -0.466 e. The molecule has 0 N–H and O–H groups in total. The standard InChI is InChI=1S/C22H26N4O4/c1-5-29-21(28)12-20(27)26(13-18-11-15(2)23-25(18)4)14-19-16(3)30-24-22(19)17-9-7-6-8-10-17/h6-11H,5,12-14H2,1-4H3. The van der Waals surface area contributed by atoms with Crippen LogP contribution in [0.5, 0.6) is 0 Å². The Hall–Kier alpha value is -3.42. The van der Waals surface area contributed by atoms with Crippen molar-refractivity contribution in [2.24, 2.45) is 7.05 Å². The van der Waals surface area contributed by atoms with Crippen LogP contribution in [0, 0.1) is 13.8 Å². The topological polar surface area (TPSA) is 90.5 Å². The number of aromatic nitrogens is 3. The molecular formula is C22H26N4O4. The van der Waals surface area contributed by atoms with E-state index in [-0.39, 0.29) is 25.5 Å². The number of benzene rings is 1. The number of amides is 1. The Labute approximate surface area is 175 Å². The molecule has 2 heterocycles. The van der Waals surface area contributed by atoms with E-state index in [0.717, 1.165) is 22.5 Å². The molecule has 1 aromatic carbocycles. The highest BCUT2D eigenvalue weighted by Crippen LogP contribution is 2.27. The molecule has 1 amide bonds. The van der Waals surface area contributed by atoms with Crippen LogP contribution in [0.15, 0.2) is 40.9 Å². The summed E-state index contributed by atoms with van der Waals surface area (Å²) in [5.74, 6) is -0.241. The van der Waals surface area contributed by atoms with Gasteiger partial charge in [0.1, 0.15) is 17.9 Å². The van der Waals surface area contributed by atoms with Gasteiger partial charge < -0.3 is 14.2 Å². The summed E-state index contributed by atoms with van der Waals surface area (Å²) in [7, 11) is 1.83. The summed E-state index contributed by atoms with van der Waals surface area (Å²) in [6.45, 7) is 6.21. The average Bonchev–Trinajstić information content (AvgIpc) is 3.23. The molecular weight excluding hydrogens is 384 g/mol. The fourth-order valence-electron chi connectivity index (χ4n) is 3.28. The molecule has 0 radical (unpaired) electrons. The van der Waals surface area contributed by atoms with E-state index in [1.54, 1.807) is 16.5 Å². The lowest BCUT2D eigenvalue weighted by molar-refractivity contribution is -0.149. The SMILES string of the molecule is CCOC(=O)CC(=O)N(Cc1c(-c2ccccc2)noc1C)Cc1cc(C)nn1C. The molecule has 0 atom stereocenters. The molecule has 30 heavy (non-hydrogen) atoms. The first-order valence-corrected chi connectivity index (χ1v) is 9.82. The van der Waals surface area contributed by atoms with Crippen molar-refractivity contribution in [2.45, 2.75) is 40.3 Å². The summed E-state index contributed by atoms with van der Waals surface area (Å²) < 4.78 is 12.1. The van der Waals surface area contributed by atoms with Gasteiger partial charge in [-0.25, -0.2) is 0 Å². The van der Waals surface area contributed by atoms with Crippen molar-refractivity contribution in [3.63, 3.8) is 0 Å². The lowest BCUT2D eigenvalue weighted by atomic mass is 10.1. The second-order valence-electron chi connectivity index (χ2n) is 7.06. The molecule has 0 aliphatic carbocycles. The van der Waals surface area contributed by atoms with Crippen LogP contribution in [-0.4, -0.2) is 38.3 Å².